The zero-order valence-electron chi connectivity index (χ0n) is 11.0. The minimum Gasteiger partial charge on any atom is -0.316 e. The molecule has 2 rings (SSSR count). The summed E-state index contributed by atoms with van der Waals surface area (Å²) in [6.45, 7) is 5.99. The maximum atomic E-state index is 6.12. The van der Waals surface area contributed by atoms with Gasteiger partial charge in [-0.15, -0.1) is 0 Å². The highest BCUT2D eigenvalue weighted by Gasteiger charge is 2.09. The van der Waals surface area contributed by atoms with Crippen molar-refractivity contribution < 1.29 is 0 Å². The lowest BCUT2D eigenvalue weighted by molar-refractivity contribution is 0.331. The van der Waals surface area contributed by atoms with Gasteiger partial charge in [-0.25, -0.2) is 0 Å². The molecule has 1 heterocycles. The normalized spacial score (nSPS) is 16.3. The molecule has 0 amide bonds. The highest BCUT2D eigenvalue weighted by atomic mass is 35.5. The van der Waals surface area contributed by atoms with Crippen molar-refractivity contribution in [1.82, 2.24) is 10.2 Å². The molecular weight excluding hydrogens is 244 g/mol. The van der Waals surface area contributed by atoms with Gasteiger partial charge in [0.15, 0.2) is 0 Å². The summed E-state index contributed by atoms with van der Waals surface area (Å²) in [5, 5.41) is 4.39. The van der Waals surface area contributed by atoms with Crippen LogP contribution < -0.4 is 5.32 Å². The number of nitrogens with zero attached hydrogens (tertiary/aromatic N) is 1. The van der Waals surface area contributed by atoms with Gasteiger partial charge in [-0.1, -0.05) is 29.8 Å². The van der Waals surface area contributed by atoms with Crippen LogP contribution in [0.5, 0.6) is 0 Å². The second-order valence-electron chi connectivity index (χ2n) is 4.99. The van der Waals surface area contributed by atoms with E-state index in [2.05, 4.69) is 22.3 Å². The van der Waals surface area contributed by atoms with Crippen LogP contribution in [0.3, 0.4) is 0 Å². The van der Waals surface area contributed by atoms with Crippen LogP contribution in [-0.4, -0.2) is 37.6 Å². The molecule has 18 heavy (non-hydrogen) atoms. The van der Waals surface area contributed by atoms with E-state index in [-0.39, 0.29) is 0 Å². The first-order valence-electron chi connectivity index (χ1n) is 7.03. The van der Waals surface area contributed by atoms with E-state index in [0.29, 0.717) is 0 Å². The second kappa shape index (κ2) is 7.78. The fourth-order valence-corrected chi connectivity index (χ4v) is 2.71. The smallest absolute Gasteiger partial charge is 0.0438 e. The molecule has 3 heteroatoms. The molecule has 1 aliphatic heterocycles. The van der Waals surface area contributed by atoms with Gasteiger partial charge in [-0.3, -0.25) is 0 Å². The van der Waals surface area contributed by atoms with E-state index in [4.69, 9.17) is 11.6 Å². The third-order valence-corrected chi connectivity index (χ3v) is 3.92. The molecule has 0 bridgehead atoms. The fourth-order valence-electron chi connectivity index (χ4n) is 2.48. The lowest BCUT2D eigenvalue weighted by atomic mass is 10.1. The molecule has 0 saturated carbocycles. The first-order chi connectivity index (χ1) is 8.86. The lowest BCUT2D eigenvalue weighted by Gasteiger charge is -2.14. The Kier molecular flexibility index (Phi) is 5.98. The third kappa shape index (κ3) is 4.60. The van der Waals surface area contributed by atoms with Gasteiger partial charge in [0, 0.05) is 5.02 Å². The number of halogens is 1. The number of rotatable bonds is 7. The lowest BCUT2D eigenvalue weighted by Crippen LogP contribution is -2.25. The molecule has 0 unspecified atom stereocenters. The summed E-state index contributed by atoms with van der Waals surface area (Å²) in [7, 11) is 0. The standard InChI is InChI=1S/C15H23ClN2/c16-15-7-2-1-6-14(15)8-10-17-9-5-13-18-11-3-4-12-18/h1-2,6-7,17H,3-5,8-13H2. The van der Waals surface area contributed by atoms with Crippen LogP contribution in [0.25, 0.3) is 0 Å². The van der Waals surface area contributed by atoms with Gasteiger partial charge in [0.05, 0.1) is 0 Å². The van der Waals surface area contributed by atoms with Gasteiger partial charge in [0.1, 0.15) is 0 Å². The van der Waals surface area contributed by atoms with Gasteiger partial charge in [0.25, 0.3) is 0 Å². The average Bonchev–Trinajstić information content (AvgIpc) is 2.89. The molecular formula is C15H23ClN2. The van der Waals surface area contributed by atoms with Crippen molar-refractivity contribution in [2.45, 2.75) is 25.7 Å². The zero-order chi connectivity index (χ0) is 12.6. The van der Waals surface area contributed by atoms with Crippen molar-refractivity contribution in [2.24, 2.45) is 0 Å². The molecule has 0 spiro atoms. The molecule has 100 valence electrons. The van der Waals surface area contributed by atoms with E-state index in [0.717, 1.165) is 24.5 Å². The maximum absolute atomic E-state index is 6.12. The van der Waals surface area contributed by atoms with E-state index in [1.54, 1.807) is 0 Å². The topological polar surface area (TPSA) is 15.3 Å². The molecule has 0 aliphatic carbocycles. The zero-order valence-corrected chi connectivity index (χ0v) is 11.8. The summed E-state index contributed by atoms with van der Waals surface area (Å²) in [5.74, 6) is 0. The molecule has 1 saturated heterocycles. The molecule has 0 atom stereocenters. The number of nitrogens with one attached hydrogen (secondary N) is 1. The second-order valence-corrected chi connectivity index (χ2v) is 5.40. The molecule has 0 radical (unpaired) electrons. The number of hydrogen-bond donors (Lipinski definition) is 1. The van der Waals surface area contributed by atoms with Crippen molar-refractivity contribution in [2.75, 3.05) is 32.7 Å². The molecule has 0 aromatic heterocycles. The Morgan fingerprint density at radius 2 is 1.89 bits per heavy atom. The van der Waals surface area contributed by atoms with Crippen molar-refractivity contribution in [1.29, 1.82) is 0 Å². The first-order valence-corrected chi connectivity index (χ1v) is 7.40. The highest BCUT2D eigenvalue weighted by Crippen LogP contribution is 2.14. The minimum absolute atomic E-state index is 0.886. The van der Waals surface area contributed by atoms with Gasteiger partial charge >= 0.3 is 0 Å². The predicted octanol–water partition coefficient (Wildman–Crippen LogP) is 2.96. The van der Waals surface area contributed by atoms with E-state index in [9.17, 15) is 0 Å². The van der Waals surface area contributed by atoms with Crippen LogP contribution in [0, 0.1) is 0 Å². The van der Waals surface area contributed by atoms with Gasteiger partial charge in [0.2, 0.25) is 0 Å². The van der Waals surface area contributed by atoms with Gasteiger partial charge in [-0.2, -0.15) is 0 Å². The third-order valence-electron chi connectivity index (χ3n) is 3.56. The van der Waals surface area contributed by atoms with E-state index < -0.39 is 0 Å². The Bertz CT molecular complexity index is 348. The van der Waals surface area contributed by atoms with Crippen molar-refractivity contribution in [3.05, 3.63) is 34.9 Å². The van der Waals surface area contributed by atoms with Crippen molar-refractivity contribution >= 4 is 11.6 Å². The van der Waals surface area contributed by atoms with Crippen LogP contribution in [0.1, 0.15) is 24.8 Å². The summed E-state index contributed by atoms with van der Waals surface area (Å²) in [4.78, 5) is 2.57. The van der Waals surface area contributed by atoms with E-state index in [1.165, 1.54) is 44.5 Å². The van der Waals surface area contributed by atoms with Crippen molar-refractivity contribution in [3.63, 3.8) is 0 Å². The maximum Gasteiger partial charge on any atom is 0.0438 e. The Hall–Kier alpha value is -0.570. The largest absolute Gasteiger partial charge is 0.316 e. The number of benzene rings is 1. The van der Waals surface area contributed by atoms with Crippen LogP contribution in [-0.2, 0) is 6.42 Å². The fraction of sp³-hybridized carbons (Fsp3) is 0.600. The molecule has 1 aromatic carbocycles. The monoisotopic (exact) mass is 266 g/mol. The summed E-state index contributed by atoms with van der Waals surface area (Å²) in [6.07, 6.45) is 5.05. The molecule has 1 fully saturated rings. The first kappa shape index (κ1) is 13.9. The highest BCUT2D eigenvalue weighted by molar-refractivity contribution is 6.31. The van der Waals surface area contributed by atoms with Crippen molar-refractivity contribution in [3.8, 4) is 0 Å². The summed E-state index contributed by atoms with van der Waals surface area (Å²) in [6, 6.07) is 8.10. The number of hydrogen-bond acceptors (Lipinski definition) is 2. The van der Waals surface area contributed by atoms with Gasteiger partial charge < -0.3 is 10.2 Å². The quantitative estimate of drug-likeness (QED) is 0.764. The Labute approximate surface area is 115 Å². The Morgan fingerprint density at radius 3 is 2.67 bits per heavy atom. The molecule has 1 N–H and O–H groups in total. The van der Waals surface area contributed by atoms with E-state index in [1.807, 2.05) is 12.1 Å². The minimum atomic E-state index is 0.886. The average molecular weight is 267 g/mol. The van der Waals surface area contributed by atoms with Crippen LogP contribution in [0.2, 0.25) is 5.02 Å². The van der Waals surface area contributed by atoms with Crippen LogP contribution in [0.4, 0.5) is 0 Å². The van der Waals surface area contributed by atoms with Gasteiger partial charge in [-0.05, 0) is 70.0 Å². The Balaban J connectivity index is 1.52. The van der Waals surface area contributed by atoms with Crippen LogP contribution >= 0.6 is 11.6 Å². The summed E-state index contributed by atoms with van der Waals surface area (Å²) < 4.78 is 0. The molecule has 1 aliphatic rings. The molecule has 1 aromatic rings. The summed E-state index contributed by atoms with van der Waals surface area (Å²) >= 11 is 6.12. The number of likely N-dealkylation sites (tertiary alicyclic amines) is 1. The predicted molar refractivity (Wildman–Crippen MR) is 78.3 cm³/mol. The summed E-state index contributed by atoms with van der Waals surface area (Å²) in [5.41, 5.74) is 1.24. The molecule has 2 nitrogen and oxygen atoms in total. The van der Waals surface area contributed by atoms with Crippen LogP contribution in [0.15, 0.2) is 24.3 Å². The van der Waals surface area contributed by atoms with E-state index >= 15 is 0 Å². The SMILES string of the molecule is Clc1ccccc1CCNCCCN1CCCC1. The Morgan fingerprint density at radius 1 is 1.11 bits per heavy atom.